The van der Waals surface area contributed by atoms with Gasteiger partial charge in [0.15, 0.2) is 11.5 Å². The highest BCUT2D eigenvalue weighted by atomic mass is 32.2. The fourth-order valence-electron chi connectivity index (χ4n) is 7.13. The van der Waals surface area contributed by atoms with Gasteiger partial charge in [-0.05, 0) is 72.9 Å². The number of rotatable bonds is 10. The van der Waals surface area contributed by atoms with Crippen molar-refractivity contribution in [3.8, 4) is 28.4 Å². The van der Waals surface area contributed by atoms with Crippen LogP contribution in [0.5, 0.6) is 17.2 Å². The summed E-state index contributed by atoms with van der Waals surface area (Å²) in [4.78, 5) is 42.0. The Hall–Kier alpha value is -3.88. The Morgan fingerprint density at radius 2 is 1.55 bits per heavy atom. The molecule has 2 amide bonds. The SMILES string of the molecule is COc1cc2c(c(OC)c1OC)-c1ccc(N[C@@H](C(=O)N3CCCN(S(=O)(=O)N4CCCC4)CC3)C(C)C)c(=O)cc1[C@H](NC(C)=O)CC2. The molecule has 2 aromatic carbocycles. The molecule has 2 saturated heterocycles. The predicted octanol–water partition coefficient (Wildman–Crippen LogP) is 3.17. The van der Waals surface area contributed by atoms with Crippen LogP contribution in [-0.2, 0) is 26.2 Å². The smallest absolute Gasteiger partial charge is 0.282 e. The maximum Gasteiger partial charge on any atom is 0.282 e. The number of hydrogen-bond donors (Lipinski definition) is 2. The quantitative estimate of drug-likeness (QED) is 0.382. The molecule has 0 radical (unpaired) electrons. The first kappa shape index (κ1) is 36.4. The van der Waals surface area contributed by atoms with Gasteiger partial charge in [0.2, 0.25) is 23.0 Å². The van der Waals surface area contributed by atoms with Crippen LogP contribution in [0.25, 0.3) is 11.1 Å². The van der Waals surface area contributed by atoms with Gasteiger partial charge >= 0.3 is 0 Å². The number of fused-ring (bicyclic) bond motifs is 3. The van der Waals surface area contributed by atoms with Gasteiger partial charge < -0.3 is 29.7 Å². The fraction of sp³-hybridized carbons (Fsp3) is 0.571. The van der Waals surface area contributed by atoms with Gasteiger partial charge in [0.05, 0.1) is 33.1 Å². The number of methoxy groups -OCH3 is 3. The topological polar surface area (TPSA) is 147 Å². The molecule has 5 rings (SSSR count). The maximum absolute atomic E-state index is 14.0. The normalized spacial score (nSPS) is 19.2. The van der Waals surface area contributed by atoms with E-state index in [4.69, 9.17) is 14.2 Å². The lowest BCUT2D eigenvalue weighted by molar-refractivity contribution is -0.132. The van der Waals surface area contributed by atoms with Crippen LogP contribution in [-0.4, -0.2) is 100 Å². The number of nitrogens with zero attached hydrogens (tertiary/aromatic N) is 3. The maximum atomic E-state index is 14.0. The van der Waals surface area contributed by atoms with E-state index in [1.54, 1.807) is 25.2 Å². The van der Waals surface area contributed by atoms with Crippen molar-refractivity contribution in [3.05, 3.63) is 45.6 Å². The molecule has 2 N–H and O–H groups in total. The predicted molar refractivity (Wildman–Crippen MR) is 187 cm³/mol. The second kappa shape index (κ2) is 15.3. The Kier molecular flexibility index (Phi) is 11.4. The first-order valence-corrected chi connectivity index (χ1v) is 18.4. The summed E-state index contributed by atoms with van der Waals surface area (Å²) in [6.45, 7) is 7.57. The summed E-state index contributed by atoms with van der Waals surface area (Å²) in [6, 6.07) is 5.71. The summed E-state index contributed by atoms with van der Waals surface area (Å²) in [5, 5.41) is 6.26. The molecule has 268 valence electrons. The van der Waals surface area contributed by atoms with E-state index in [2.05, 4.69) is 10.6 Å². The standard InChI is InChI=1S/C35H49N5O8S/c1-22(2)32(35(43)38-14-9-17-40(19-18-38)49(44,45)39-15-7-8-16-39)37-28-13-11-25-26(21-29(28)42)27(36-23(3)41)12-10-24-20-30(46-4)33(47-5)34(48-6)31(24)25/h11,13,20-22,27,32H,7-10,12,14-19H2,1-6H3,(H,36,41)(H,37,42)/t27-,32-/m1/s1. The van der Waals surface area contributed by atoms with Crippen LogP contribution in [0.1, 0.15) is 63.6 Å². The van der Waals surface area contributed by atoms with Gasteiger partial charge in [0.25, 0.3) is 10.2 Å². The molecular formula is C35H49N5O8S. The molecule has 2 aromatic rings. The number of carbonyl (C=O) groups is 2. The molecule has 2 heterocycles. The molecule has 0 aromatic heterocycles. The molecule has 1 aliphatic carbocycles. The van der Waals surface area contributed by atoms with Crippen LogP contribution in [0.15, 0.2) is 29.1 Å². The Balaban J connectivity index is 1.49. The molecule has 2 atom stereocenters. The van der Waals surface area contributed by atoms with Gasteiger partial charge in [-0.25, -0.2) is 0 Å². The molecule has 2 fully saturated rings. The first-order chi connectivity index (χ1) is 23.4. The van der Waals surface area contributed by atoms with Crippen molar-refractivity contribution in [3.63, 3.8) is 0 Å². The zero-order chi connectivity index (χ0) is 35.5. The third kappa shape index (κ3) is 7.51. The molecule has 3 aliphatic rings. The summed E-state index contributed by atoms with van der Waals surface area (Å²) < 4.78 is 46.6. The Labute approximate surface area is 289 Å². The molecule has 0 saturated carbocycles. The van der Waals surface area contributed by atoms with E-state index in [9.17, 15) is 22.8 Å². The minimum Gasteiger partial charge on any atom is -0.493 e. The number of nitrogens with one attached hydrogen (secondary N) is 2. The van der Waals surface area contributed by atoms with Gasteiger partial charge in [0.1, 0.15) is 6.04 Å². The van der Waals surface area contributed by atoms with E-state index in [1.165, 1.54) is 28.7 Å². The van der Waals surface area contributed by atoms with Gasteiger partial charge in [-0.15, -0.1) is 0 Å². The lowest BCUT2D eigenvalue weighted by Crippen LogP contribution is -2.48. The van der Waals surface area contributed by atoms with Crippen LogP contribution in [0.4, 0.5) is 5.69 Å². The van der Waals surface area contributed by atoms with E-state index in [0.29, 0.717) is 73.8 Å². The van der Waals surface area contributed by atoms with Crippen LogP contribution >= 0.6 is 0 Å². The third-order valence-electron chi connectivity index (χ3n) is 9.64. The lowest BCUT2D eigenvalue weighted by Gasteiger charge is -2.29. The molecule has 0 unspecified atom stereocenters. The van der Waals surface area contributed by atoms with Crippen LogP contribution in [0.2, 0.25) is 0 Å². The average molecular weight is 700 g/mol. The third-order valence-corrected chi connectivity index (χ3v) is 11.7. The molecule has 14 heteroatoms. The van der Waals surface area contributed by atoms with Gasteiger partial charge in [0, 0.05) is 51.8 Å². The number of aryl methyl sites for hydroxylation is 1. The molecule has 49 heavy (non-hydrogen) atoms. The van der Waals surface area contributed by atoms with Gasteiger partial charge in [-0.1, -0.05) is 19.9 Å². The fourth-order valence-corrected chi connectivity index (χ4v) is 8.85. The highest BCUT2D eigenvalue weighted by Crippen LogP contribution is 2.50. The van der Waals surface area contributed by atoms with Gasteiger partial charge in [-0.2, -0.15) is 17.0 Å². The molecular weight excluding hydrogens is 650 g/mol. The van der Waals surface area contributed by atoms with Crippen molar-refractivity contribution in [2.24, 2.45) is 5.92 Å². The summed E-state index contributed by atoms with van der Waals surface area (Å²) in [7, 11) is 1.07. The first-order valence-electron chi connectivity index (χ1n) is 17.0. The minimum atomic E-state index is -3.57. The average Bonchev–Trinajstić information content (AvgIpc) is 3.38. The van der Waals surface area contributed by atoms with Crippen molar-refractivity contribution in [1.29, 1.82) is 0 Å². The van der Waals surface area contributed by atoms with E-state index < -0.39 is 22.3 Å². The van der Waals surface area contributed by atoms with Crippen molar-refractivity contribution in [2.45, 2.75) is 65.0 Å². The summed E-state index contributed by atoms with van der Waals surface area (Å²) in [6.07, 6.45) is 3.34. The highest BCUT2D eigenvalue weighted by molar-refractivity contribution is 7.86. The van der Waals surface area contributed by atoms with Crippen molar-refractivity contribution < 1.29 is 32.2 Å². The van der Waals surface area contributed by atoms with E-state index in [-0.39, 0.29) is 41.9 Å². The molecule has 2 aliphatic heterocycles. The van der Waals surface area contributed by atoms with Gasteiger partial charge in [-0.3, -0.25) is 14.4 Å². The number of amides is 2. The highest BCUT2D eigenvalue weighted by Gasteiger charge is 2.36. The zero-order valence-electron chi connectivity index (χ0n) is 29.3. The Bertz CT molecular complexity index is 1730. The molecule has 13 nitrogen and oxygen atoms in total. The van der Waals surface area contributed by atoms with Crippen LogP contribution < -0.4 is 30.3 Å². The van der Waals surface area contributed by atoms with E-state index in [1.807, 2.05) is 26.0 Å². The number of anilines is 1. The van der Waals surface area contributed by atoms with Crippen molar-refractivity contribution in [2.75, 3.05) is 65.9 Å². The largest absolute Gasteiger partial charge is 0.493 e. The summed E-state index contributed by atoms with van der Waals surface area (Å²) in [5.41, 5.74) is 2.85. The van der Waals surface area contributed by atoms with Crippen LogP contribution in [0, 0.1) is 5.92 Å². The van der Waals surface area contributed by atoms with E-state index >= 15 is 0 Å². The Morgan fingerprint density at radius 3 is 2.18 bits per heavy atom. The second-order valence-corrected chi connectivity index (χ2v) is 15.1. The van der Waals surface area contributed by atoms with Crippen LogP contribution in [0.3, 0.4) is 0 Å². The van der Waals surface area contributed by atoms with Crippen molar-refractivity contribution in [1.82, 2.24) is 18.8 Å². The number of benzene rings is 1. The number of hydrogen-bond acceptors (Lipinski definition) is 9. The monoisotopic (exact) mass is 699 g/mol. The lowest BCUT2D eigenvalue weighted by atomic mass is 9.95. The molecule has 0 spiro atoms. The minimum absolute atomic E-state index is 0.187. The van der Waals surface area contributed by atoms with E-state index in [0.717, 1.165) is 24.0 Å². The molecule has 0 bridgehead atoms. The Morgan fingerprint density at radius 1 is 0.878 bits per heavy atom. The summed E-state index contributed by atoms with van der Waals surface area (Å²) >= 11 is 0. The van der Waals surface area contributed by atoms with Crippen molar-refractivity contribution >= 4 is 27.7 Å². The summed E-state index contributed by atoms with van der Waals surface area (Å²) in [5.74, 6) is 0.765. The second-order valence-electron chi connectivity index (χ2n) is 13.2. The zero-order valence-corrected chi connectivity index (χ0v) is 30.2. The number of carbonyl (C=O) groups excluding carboxylic acids is 2. The number of ether oxygens (including phenoxy) is 3.